The summed E-state index contributed by atoms with van der Waals surface area (Å²) in [5.74, 6) is 0.678. The number of rotatable bonds is 4. The zero-order valence-electron chi connectivity index (χ0n) is 16.5. The Balaban J connectivity index is 1.47. The molecule has 1 aliphatic rings. The second kappa shape index (κ2) is 7.64. The van der Waals surface area contributed by atoms with Crippen molar-refractivity contribution in [3.63, 3.8) is 0 Å². The molecule has 1 amide bonds. The second-order valence-electron chi connectivity index (χ2n) is 7.44. The predicted molar refractivity (Wildman–Crippen MR) is 108 cm³/mol. The lowest BCUT2D eigenvalue weighted by Gasteiger charge is -2.35. The van der Waals surface area contributed by atoms with E-state index in [4.69, 9.17) is 9.47 Å². The lowest BCUT2D eigenvalue weighted by molar-refractivity contribution is -0.145. The molecule has 6 heteroatoms. The third-order valence-corrected chi connectivity index (χ3v) is 4.96. The van der Waals surface area contributed by atoms with Gasteiger partial charge in [0, 0.05) is 31.9 Å². The normalized spacial score (nSPS) is 19.8. The Labute approximate surface area is 164 Å². The molecule has 0 aliphatic carbocycles. The monoisotopic (exact) mass is 379 g/mol. The Kier molecular flexibility index (Phi) is 5.05. The maximum Gasteiger partial charge on any atom is 0.260 e. The van der Waals surface area contributed by atoms with E-state index in [0.717, 1.165) is 22.0 Å². The van der Waals surface area contributed by atoms with Gasteiger partial charge in [-0.05, 0) is 48.9 Å². The number of carbonyl (C=O) groups excluding carboxylic acids is 1. The number of ether oxygens (including phenoxy) is 2. The van der Waals surface area contributed by atoms with Crippen LogP contribution in [0.3, 0.4) is 0 Å². The molecule has 0 bridgehead atoms. The topological polar surface area (TPSA) is 56.6 Å². The Bertz CT molecular complexity index is 988. The van der Waals surface area contributed by atoms with Gasteiger partial charge in [0.25, 0.3) is 5.91 Å². The summed E-state index contributed by atoms with van der Waals surface area (Å²) in [6, 6.07) is 14.1. The minimum atomic E-state index is -0.00988. The Morgan fingerprint density at radius 2 is 1.86 bits per heavy atom. The third-order valence-electron chi connectivity index (χ3n) is 4.96. The number of fused-ring (bicyclic) bond motifs is 1. The summed E-state index contributed by atoms with van der Waals surface area (Å²) in [4.78, 5) is 14.3. The molecule has 1 saturated heterocycles. The van der Waals surface area contributed by atoms with Crippen LogP contribution >= 0.6 is 0 Å². The molecular weight excluding hydrogens is 354 g/mol. The van der Waals surface area contributed by atoms with Gasteiger partial charge in [0.15, 0.2) is 6.61 Å². The van der Waals surface area contributed by atoms with E-state index < -0.39 is 0 Å². The van der Waals surface area contributed by atoms with Crippen LogP contribution in [-0.2, 0) is 16.6 Å². The highest BCUT2D eigenvalue weighted by molar-refractivity contribution is 5.88. The van der Waals surface area contributed by atoms with Crippen LogP contribution in [0.1, 0.15) is 13.8 Å². The average Bonchev–Trinajstić information content (AvgIpc) is 3.11. The van der Waals surface area contributed by atoms with E-state index >= 15 is 0 Å². The summed E-state index contributed by atoms with van der Waals surface area (Å²) in [7, 11) is 1.91. The standard InChI is InChI=1S/C22H25N3O3/c1-15-12-25(13-16(2)28-15)22(26)14-27-20-7-6-17-4-5-18(10-19(17)11-20)21-8-9-24(3)23-21/h4-11,15-16H,12-14H2,1-3H3/t15-,16+. The summed E-state index contributed by atoms with van der Waals surface area (Å²) in [5, 5.41) is 6.64. The Hall–Kier alpha value is -2.86. The van der Waals surface area contributed by atoms with E-state index in [0.29, 0.717) is 18.8 Å². The van der Waals surface area contributed by atoms with E-state index in [1.54, 1.807) is 4.68 Å². The number of hydrogen-bond donors (Lipinski definition) is 0. The molecule has 0 saturated carbocycles. The Morgan fingerprint density at radius 1 is 1.11 bits per heavy atom. The van der Waals surface area contributed by atoms with Crippen LogP contribution in [0, 0.1) is 0 Å². The quantitative estimate of drug-likeness (QED) is 0.698. The zero-order valence-corrected chi connectivity index (χ0v) is 16.5. The van der Waals surface area contributed by atoms with Crippen molar-refractivity contribution in [3.8, 4) is 17.0 Å². The summed E-state index contributed by atoms with van der Waals surface area (Å²) >= 11 is 0. The molecule has 1 aliphatic heterocycles. The molecule has 2 heterocycles. The van der Waals surface area contributed by atoms with Crippen LogP contribution in [0.4, 0.5) is 0 Å². The van der Waals surface area contributed by atoms with Crippen molar-refractivity contribution in [2.45, 2.75) is 26.1 Å². The number of carbonyl (C=O) groups is 1. The van der Waals surface area contributed by atoms with Gasteiger partial charge in [-0.1, -0.05) is 18.2 Å². The summed E-state index contributed by atoms with van der Waals surface area (Å²) in [6.07, 6.45) is 2.04. The maximum absolute atomic E-state index is 12.5. The third kappa shape index (κ3) is 4.02. The first-order chi connectivity index (χ1) is 13.5. The molecule has 0 unspecified atom stereocenters. The number of aromatic nitrogens is 2. The average molecular weight is 379 g/mol. The highest BCUT2D eigenvalue weighted by Crippen LogP contribution is 2.26. The fourth-order valence-corrected chi connectivity index (χ4v) is 3.66. The maximum atomic E-state index is 12.5. The van der Waals surface area contributed by atoms with Crippen molar-refractivity contribution < 1.29 is 14.3 Å². The van der Waals surface area contributed by atoms with Crippen LogP contribution in [0.25, 0.3) is 22.0 Å². The van der Waals surface area contributed by atoms with Crippen LogP contribution in [0.2, 0.25) is 0 Å². The molecule has 1 fully saturated rings. The molecular formula is C22H25N3O3. The van der Waals surface area contributed by atoms with Crippen molar-refractivity contribution in [1.82, 2.24) is 14.7 Å². The molecule has 28 heavy (non-hydrogen) atoms. The molecule has 4 rings (SSSR count). The minimum absolute atomic E-state index is 0.00988. The van der Waals surface area contributed by atoms with Gasteiger partial charge in [-0.25, -0.2) is 0 Å². The first-order valence-corrected chi connectivity index (χ1v) is 9.58. The van der Waals surface area contributed by atoms with Crippen LogP contribution < -0.4 is 4.74 Å². The van der Waals surface area contributed by atoms with Crippen molar-refractivity contribution in [3.05, 3.63) is 48.7 Å². The van der Waals surface area contributed by atoms with Gasteiger partial charge >= 0.3 is 0 Å². The molecule has 0 spiro atoms. The molecule has 1 aromatic heterocycles. The second-order valence-corrected chi connectivity index (χ2v) is 7.44. The van der Waals surface area contributed by atoms with E-state index in [9.17, 15) is 4.79 Å². The van der Waals surface area contributed by atoms with Crippen LogP contribution in [0.15, 0.2) is 48.7 Å². The van der Waals surface area contributed by atoms with Crippen LogP contribution in [-0.4, -0.2) is 52.5 Å². The summed E-state index contributed by atoms with van der Waals surface area (Å²) in [5.41, 5.74) is 1.99. The molecule has 0 N–H and O–H groups in total. The van der Waals surface area contributed by atoms with Gasteiger partial charge in [-0.3, -0.25) is 9.48 Å². The molecule has 2 atom stereocenters. The smallest absolute Gasteiger partial charge is 0.260 e. The van der Waals surface area contributed by atoms with Gasteiger partial charge in [-0.15, -0.1) is 0 Å². The highest BCUT2D eigenvalue weighted by Gasteiger charge is 2.25. The number of nitrogens with zero attached hydrogens (tertiary/aromatic N) is 3. The largest absolute Gasteiger partial charge is 0.484 e. The first-order valence-electron chi connectivity index (χ1n) is 9.58. The fourth-order valence-electron chi connectivity index (χ4n) is 3.66. The van der Waals surface area contributed by atoms with Crippen molar-refractivity contribution in [2.24, 2.45) is 7.05 Å². The molecule has 146 valence electrons. The van der Waals surface area contributed by atoms with Crippen molar-refractivity contribution in [2.75, 3.05) is 19.7 Å². The fraction of sp³-hybridized carbons (Fsp3) is 0.364. The lowest BCUT2D eigenvalue weighted by atomic mass is 10.0. The van der Waals surface area contributed by atoms with Crippen molar-refractivity contribution in [1.29, 1.82) is 0 Å². The van der Waals surface area contributed by atoms with E-state index in [2.05, 4.69) is 23.3 Å². The number of hydrogen-bond acceptors (Lipinski definition) is 4. The Morgan fingerprint density at radius 3 is 2.57 bits per heavy atom. The molecule has 3 aromatic rings. The highest BCUT2D eigenvalue weighted by atomic mass is 16.5. The summed E-state index contributed by atoms with van der Waals surface area (Å²) < 4.78 is 13.3. The number of aryl methyl sites for hydroxylation is 1. The summed E-state index contributed by atoms with van der Waals surface area (Å²) in [6.45, 7) is 5.22. The van der Waals surface area contributed by atoms with E-state index in [1.807, 2.05) is 56.3 Å². The van der Waals surface area contributed by atoms with Crippen molar-refractivity contribution >= 4 is 16.7 Å². The zero-order chi connectivity index (χ0) is 19.7. The van der Waals surface area contributed by atoms with Gasteiger partial charge < -0.3 is 14.4 Å². The van der Waals surface area contributed by atoms with E-state index in [1.165, 1.54) is 0 Å². The lowest BCUT2D eigenvalue weighted by Crippen LogP contribution is -2.49. The van der Waals surface area contributed by atoms with Gasteiger partial charge in [0.05, 0.1) is 17.9 Å². The van der Waals surface area contributed by atoms with Gasteiger partial charge in [0.1, 0.15) is 5.75 Å². The number of amides is 1. The molecule has 2 aromatic carbocycles. The minimum Gasteiger partial charge on any atom is -0.484 e. The number of benzene rings is 2. The predicted octanol–water partition coefficient (Wildman–Crippen LogP) is 3.25. The molecule has 6 nitrogen and oxygen atoms in total. The van der Waals surface area contributed by atoms with Crippen LogP contribution in [0.5, 0.6) is 5.75 Å². The molecule has 0 radical (unpaired) electrons. The first kappa shape index (κ1) is 18.5. The number of morpholine rings is 1. The van der Waals surface area contributed by atoms with E-state index in [-0.39, 0.29) is 24.7 Å². The van der Waals surface area contributed by atoms with Gasteiger partial charge in [-0.2, -0.15) is 5.10 Å². The SMILES string of the molecule is C[C@@H]1CN(C(=O)COc2ccc3ccc(-c4ccn(C)n4)cc3c2)C[C@H](C)O1. The van der Waals surface area contributed by atoms with Gasteiger partial charge in [0.2, 0.25) is 0 Å².